The van der Waals surface area contributed by atoms with Gasteiger partial charge in [0.25, 0.3) is 5.91 Å². The van der Waals surface area contributed by atoms with Crippen LogP contribution >= 0.6 is 9.24 Å². The fourth-order valence-electron chi connectivity index (χ4n) is 5.14. The van der Waals surface area contributed by atoms with Gasteiger partial charge in [-0.25, -0.2) is 19.3 Å². The second-order valence-electron chi connectivity index (χ2n) is 10.2. The highest BCUT2D eigenvalue weighted by Gasteiger charge is 2.52. The third kappa shape index (κ3) is 4.00. The van der Waals surface area contributed by atoms with Crippen LogP contribution in [0.15, 0.2) is 48.9 Å². The SMILES string of the molecule is CC1(P)CCN(c2nccc(-c3ccccc3F)c2NC(=O)c2cnc(N3CCC34COC4)nc2)C1. The maximum absolute atomic E-state index is 14.8. The van der Waals surface area contributed by atoms with Crippen molar-refractivity contribution in [1.29, 1.82) is 0 Å². The minimum absolute atomic E-state index is 0.0187. The van der Waals surface area contributed by atoms with Crippen LogP contribution in [-0.4, -0.2) is 64.4 Å². The lowest BCUT2D eigenvalue weighted by molar-refractivity contribution is -0.0856. The van der Waals surface area contributed by atoms with E-state index in [0.717, 1.165) is 32.5 Å². The van der Waals surface area contributed by atoms with Gasteiger partial charge in [-0.15, -0.1) is 9.24 Å². The Morgan fingerprint density at radius 3 is 2.47 bits per heavy atom. The number of hydrogen-bond acceptors (Lipinski definition) is 7. The quantitative estimate of drug-likeness (QED) is 0.528. The highest BCUT2D eigenvalue weighted by molar-refractivity contribution is 7.19. The van der Waals surface area contributed by atoms with E-state index in [1.165, 1.54) is 18.5 Å². The van der Waals surface area contributed by atoms with Gasteiger partial charge in [0, 0.05) is 54.5 Å². The van der Waals surface area contributed by atoms with E-state index in [9.17, 15) is 9.18 Å². The standard InChI is InChI=1S/C26H28FN6O2P/c1-25(36)7-10-32(14-25)22-21(19(6-9-28-22)18-4-2-3-5-20(18)27)31-23(34)17-12-29-24(30-13-17)33-11-8-26(33)15-35-16-26/h2-6,9,12-13H,7-8,10-11,14-16,36H2,1H3,(H,31,34). The molecule has 6 rings (SSSR count). The minimum Gasteiger partial charge on any atom is -0.376 e. The molecule has 2 atom stereocenters. The number of carbonyl (C=O) groups excluding carboxylic acids is 1. The summed E-state index contributed by atoms with van der Waals surface area (Å²) in [7, 11) is 2.90. The summed E-state index contributed by atoms with van der Waals surface area (Å²) in [5, 5.41) is 3.05. The fraction of sp³-hybridized carbons (Fsp3) is 0.385. The average Bonchev–Trinajstić information content (AvgIpc) is 3.18. The van der Waals surface area contributed by atoms with Crippen molar-refractivity contribution < 1.29 is 13.9 Å². The average molecular weight is 507 g/mol. The number of hydrogen-bond donors (Lipinski definition) is 1. The van der Waals surface area contributed by atoms with Crippen molar-refractivity contribution in [3.05, 3.63) is 60.3 Å². The van der Waals surface area contributed by atoms with Crippen LogP contribution in [0.5, 0.6) is 0 Å². The molecule has 2 unspecified atom stereocenters. The summed E-state index contributed by atoms with van der Waals surface area (Å²) in [5.74, 6) is 0.498. The topological polar surface area (TPSA) is 83.5 Å². The third-order valence-electron chi connectivity index (χ3n) is 7.39. The first-order valence-electron chi connectivity index (χ1n) is 12.1. The molecule has 3 aromatic rings. The molecule has 186 valence electrons. The molecule has 1 amide bonds. The number of carbonyl (C=O) groups is 1. The summed E-state index contributed by atoms with van der Waals surface area (Å²) in [6, 6.07) is 8.28. The Balaban J connectivity index is 1.32. The lowest BCUT2D eigenvalue weighted by Gasteiger charge is -2.57. The van der Waals surface area contributed by atoms with Gasteiger partial charge in [-0.1, -0.05) is 25.1 Å². The Morgan fingerprint density at radius 1 is 1.08 bits per heavy atom. The Hall–Kier alpha value is -3.16. The molecule has 3 saturated heterocycles. The number of benzene rings is 1. The number of amides is 1. The van der Waals surface area contributed by atoms with E-state index in [1.807, 2.05) is 0 Å². The molecular weight excluding hydrogens is 478 g/mol. The van der Waals surface area contributed by atoms with Crippen molar-refractivity contribution in [3.8, 4) is 11.1 Å². The second kappa shape index (κ2) is 8.75. The number of pyridine rings is 1. The van der Waals surface area contributed by atoms with Crippen molar-refractivity contribution in [1.82, 2.24) is 15.0 Å². The second-order valence-corrected chi connectivity index (χ2v) is 11.6. The van der Waals surface area contributed by atoms with Gasteiger partial charge in [0.15, 0.2) is 5.82 Å². The summed E-state index contributed by atoms with van der Waals surface area (Å²) in [6.07, 6.45) is 6.77. The smallest absolute Gasteiger partial charge is 0.258 e. The zero-order valence-electron chi connectivity index (χ0n) is 20.1. The molecule has 0 radical (unpaired) electrons. The molecule has 1 N–H and O–H groups in total. The highest BCUT2D eigenvalue weighted by atomic mass is 31.0. The van der Waals surface area contributed by atoms with E-state index in [4.69, 9.17) is 4.74 Å². The predicted octanol–water partition coefficient (Wildman–Crippen LogP) is 3.75. The van der Waals surface area contributed by atoms with Crippen LogP contribution in [0.1, 0.15) is 30.1 Å². The fourth-order valence-corrected chi connectivity index (χ4v) is 5.49. The van der Waals surface area contributed by atoms with E-state index in [0.29, 0.717) is 47.4 Å². The molecule has 1 spiro atoms. The Kier molecular flexibility index (Phi) is 5.65. The summed E-state index contributed by atoms with van der Waals surface area (Å²) >= 11 is 0. The molecule has 1 aromatic carbocycles. The van der Waals surface area contributed by atoms with E-state index >= 15 is 0 Å². The van der Waals surface area contributed by atoms with Crippen LogP contribution in [-0.2, 0) is 4.74 Å². The normalized spacial score (nSPS) is 22.3. The van der Waals surface area contributed by atoms with E-state index in [1.54, 1.807) is 30.5 Å². The van der Waals surface area contributed by atoms with Crippen molar-refractivity contribution >= 4 is 32.6 Å². The third-order valence-corrected chi connectivity index (χ3v) is 7.87. The molecule has 5 heterocycles. The zero-order valence-corrected chi connectivity index (χ0v) is 21.2. The lowest BCUT2D eigenvalue weighted by Crippen LogP contribution is -2.71. The molecular formula is C26H28FN6O2P. The highest BCUT2D eigenvalue weighted by Crippen LogP contribution is 2.41. The summed E-state index contributed by atoms with van der Waals surface area (Å²) in [4.78, 5) is 31.2. The summed E-state index contributed by atoms with van der Waals surface area (Å²) in [5.41, 5.74) is 1.80. The van der Waals surface area contributed by atoms with Gasteiger partial charge >= 0.3 is 0 Å². The predicted molar refractivity (Wildman–Crippen MR) is 140 cm³/mol. The van der Waals surface area contributed by atoms with Gasteiger partial charge in [0.05, 0.1) is 30.0 Å². The van der Waals surface area contributed by atoms with Crippen LogP contribution in [0.4, 0.5) is 21.8 Å². The maximum atomic E-state index is 14.8. The van der Waals surface area contributed by atoms with Crippen LogP contribution < -0.4 is 15.1 Å². The molecule has 36 heavy (non-hydrogen) atoms. The monoisotopic (exact) mass is 506 g/mol. The first kappa shape index (κ1) is 23.3. The number of aromatic nitrogens is 3. The zero-order chi connectivity index (χ0) is 24.9. The molecule has 2 aromatic heterocycles. The number of ether oxygens (including phenoxy) is 1. The first-order valence-corrected chi connectivity index (χ1v) is 12.7. The Labute approximate surface area is 211 Å². The van der Waals surface area contributed by atoms with Gasteiger partial charge in [-0.3, -0.25) is 4.79 Å². The van der Waals surface area contributed by atoms with Crippen molar-refractivity contribution in [2.45, 2.75) is 30.5 Å². The van der Waals surface area contributed by atoms with E-state index in [-0.39, 0.29) is 22.4 Å². The van der Waals surface area contributed by atoms with Crippen LogP contribution in [0, 0.1) is 5.82 Å². The maximum Gasteiger partial charge on any atom is 0.258 e. The Morgan fingerprint density at radius 2 is 1.86 bits per heavy atom. The van der Waals surface area contributed by atoms with Crippen LogP contribution in [0.2, 0.25) is 0 Å². The van der Waals surface area contributed by atoms with Crippen molar-refractivity contribution in [2.75, 3.05) is 48.0 Å². The number of anilines is 3. The van der Waals surface area contributed by atoms with Crippen molar-refractivity contribution in [3.63, 3.8) is 0 Å². The molecule has 3 fully saturated rings. The van der Waals surface area contributed by atoms with Gasteiger partial charge in [-0.05, 0) is 25.0 Å². The molecule has 10 heteroatoms. The molecule has 3 aliphatic heterocycles. The molecule has 3 aliphatic rings. The number of nitrogens with one attached hydrogen (secondary N) is 1. The first-order chi connectivity index (χ1) is 17.4. The summed E-state index contributed by atoms with van der Waals surface area (Å²) in [6.45, 7) is 5.97. The lowest BCUT2D eigenvalue weighted by atomic mass is 9.83. The molecule has 8 nitrogen and oxygen atoms in total. The van der Waals surface area contributed by atoms with E-state index < -0.39 is 0 Å². The van der Waals surface area contributed by atoms with Crippen molar-refractivity contribution in [2.24, 2.45) is 0 Å². The van der Waals surface area contributed by atoms with Gasteiger partial charge in [-0.2, -0.15) is 0 Å². The molecule has 0 aliphatic carbocycles. The summed E-state index contributed by atoms with van der Waals surface area (Å²) < 4.78 is 20.2. The van der Waals surface area contributed by atoms with Gasteiger partial charge in [0.1, 0.15) is 5.82 Å². The number of nitrogens with zero attached hydrogens (tertiary/aromatic N) is 5. The van der Waals surface area contributed by atoms with Gasteiger partial charge < -0.3 is 19.9 Å². The Bertz CT molecular complexity index is 1310. The minimum atomic E-state index is -0.369. The molecule has 0 saturated carbocycles. The largest absolute Gasteiger partial charge is 0.376 e. The van der Waals surface area contributed by atoms with E-state index in [2.05, 4.69) is 46.2 Å². The van der Waals surface area contributed by atoms with Gasteiger partial charge in [0.2, 0.25) is 5.95 Å². The molecule has 0 bridgehead atoms. The van der Waals surface area contributed by atoms with Crippen LogP contribution in [0.25, 0.3) is 11.1 Å². The number of halogens is 1. The number of rotatable bonds is 5. The van der Waals surface area contributed by atoms with Crippen LogP contribution in [0.3, 0.4) is 0 Å².